The average molecular weight is 283 g/mol. The van der Waals surface area contributed by atoms with Crippen LogP contribution in [-0.4, -0.2) is 12.4 Å². The van der Waals surface area contributed by atoms with Crippen LogP contribution in [-0.2, 0) is 0 Å². The van der Waals surface area contributed by atoms with Crippen molar-refractivity contribution in [2.45, 2.75) is 0 Å². The molecule has 0 atom stereocenters. The first-order valence-corrected chi connectivity index (χ1v) is 5.80. The van der Waals surface area contributed by atoms with Crippen LogP contribution in [0.25, 0.3) is 0 Å². The summed E-state index contributed by atoms with van der Waals surface area (Å²) in [5, 5.41) is 0.545. The molecule has 5 heteroatoms. The van der Waals surface area contributed by atoms with Gasteiger partial charge in [0.1, 0.15) is 17.4 Å². The maximum Gasteiger partial charge on any atom is 0.203 e. The van der Waals surface area contributed by atoms with Crippen molar-refractivity contribution < 1.29 is 18.3 Å². The summed E-state index contributed by atoms with van der Waals surface area (Å²) in [4.78, 5) is 11.7. The second kappa shape index (κ2) is 5.80. The third kappa shape index (κ3) is 3.51. The maximum atomic E-state index is 13.3. The molecule has 0 aromatic heterocycles. The van der Waals surface area contributed by atoms with Gasteiger partial charge < -0.3 is 4.74 Å². The van der Waals surface area contributed by atoms with Gasteiger partial charge in [-0.2, -0.15) is 0 Å². The normalized spacial score (nSPS) is 10.3. The molecule has 0 saturated heterocycles. The highest BCUT2D eigenvalue weighted by atomic mass is 35.5. The van der Waals surface area contributed by atoms with E-state index in [0.717, 1.165) is 12.1 Å². The Morgan fingerprint density at radius 2 is 1.79 bits per heavy atom. The van der Waals surface area contributed by atoms with Gasteiger partial charge in [-0.05, 0) is 36.4 Å². The largest absolute Gasteiger partial charge is 0.485 e. The lowest BCUT2D eigenvalue weighted by Gasteiger charge is -2.06. The minimum Gasteiger partial charge on any atom is -0.485 e. The predicted molar refractivity (Wildman–Crippen MR) is 67.6 cm³/mol. The number of Topliss-reactive ketones (excluding diaryl/α,β-unsaturated/α-hetero) is 1. The number of hydrogen-bond acceptors (Lipinski definition) is 2. The van der Waals surface area contributed by atoms with E-state index in [4.69, 9.17) is 16.3 Å². The quantitative estimate of drug-likeness (QED) is 0.796. The van der Waals surface area contributed by atoms with Gasteiger partial charge in [0.2, 0.25) is 5.78 Å². The first-order valence-electron chi connectivity index (χ1n) is 5.43. The van der Waals surface area contributed by atoms with Gasteiger partial charge in [0.15, 0.2) is 6.61 Å². The lowest BCUT2D eigenvalue weighted by atomic mass is 10.1. The summed E-state index contributed by atoms with van der Waals surface area (Å²) in [6.07, 6.45) is 0. The lowest BCUT2D eigenvalue weighted by Crippen LogP contribution is -2.13. The number of hydrogen-bond donors (Lipinski definition) is 0. The maximum absolute atomic E-state index is 13.3. The zero-order valence-electron chi connectivity index (χ0n) is 9.70. The summed E-state index contributed by atoms with van der Waals surface area (Å²) < 4.78 is 31.2. The Morgan fingerprint density at radius 1 is 1.11 bits per heavy atom. The fraction of sp³-hybridized carbons (Fsp3) is 0.0714. The molecule has 0 radical (unpaired) electrons. The van der Waals surface area contributed by atoms with E-state index in [-0.39, 0.29) is 12.2 Å². The predicted octanol–water partition coefficient (Wildman–Crippen LogP) is 3.88. The number of rotatable bonds is 4. The van der Waals surface area contributed by atoms with Gasteiger partial charge in [-0.3, -0.25) is 4.79 Å². The molecule has 2 rings (SSSR count). The summed E-state index contributed by atoms with van der Waals surface area (Å²) in [5.41, 5.74) is -0.199. The van der Waals surface area contributed by atoms with Gasteiger partial charge >= 0.3 is 0 Å². The Kier molecular flexibility index (Phi) is 4.12. The Hall–Kier alpha value is -1.94. The molecule has 0 unspecified atom stereocenters. The molecular weight excluding hydrogens is 274 g/mol. The molecule has 0 saturated carbocycles. The van der Waals surface area contributed by atoms with Crippen LogP contribution in [0, 0.1) is 11.6 Å². The summed E-state index contributed by atoms with van der Waals surface area (Å²) in [7, 11) is 0. The number of halogens is 3. The number of ketones is 1. The number of carbonyl (C=O) groups is 1. The zero-order valence-corrected chi connectivity index (χ0v) is 10.5. The van der Waals surface area contributed by atoms with Crippen LogP contribution in [0.2, 0.25) is 5.02 Å². The summed E-state index contributed by atoms with van der Waals surface area (Å²) in [5.74, 6) is -1.75. The number of carbonyl (C=O) groups excluding carboxylic acids is 1. The standard InChI is InChI=1S/C14H9ClF2O2/c15-9-1-4-11(5-2-9)19-8-14(18)12-6-3-10(16)7-13(12)17/h1-7H,8H2. The number of ether oxygens (including phenoxy) is 1. The highest BCUT2D eigenvalue weighted by Crippen LogP contribution is 2.16. The van der Waals surface area contributed by atoms with E-state index in [1.807, 2.05) is 0 Å². The molecular formula is C14H9ClF2O2. The molecule has 2 aromatic rings. The molecule has 0 aliphatic heterocycles. The average Bonchev–Trinajstić information content (AvgIpc) is 2.37. The van der Waals surface area contributed by atoms with Crippen molar-refractivity contribution in [2.24, 2.45) is 0 Å². The molecule has 0 aliphatic rings. The molecule has 0 amide bonds. The first-order chi connectivity index (χ1) is 9.06. The highest BCUT2D eigenvalue weighted by molar-refractivity contribution is 6.30. The van der Waals surface area contributed by atoms with Gasteiger partial charge in [-0.1, -0.05) is 11.6 Å². The Bertz CT molecular complexity index is 597. The van der Waals surface area contributed by atoms with Crippen molar-refractivity contribution in [3.63, 3.8) is 0 Å². The summed E-state index contributed by atoms with van der Waals surface area (Å²) in [6, 6.07) is 9.19. The van der Waals surface area contributed by atoms with Gasteiger partial charge in [0, 0.05) is 11.1 Å². The SMILES string of the molecule is O=C(COc1ccc(Cl)cc1)c1ccc(F)cc1F. The molecule has 0 spiro atoms. The van der Waals surface area contributed by atoms with Crippen LogP contribution in [0.15, 0.2) is 42.5 Å². The lowest BCUT2D eigenvalue weighted by molar-refractivity contribution is 0.0917. The van der Waals surface area contributed by atoms with Crippen molar-refractivity contribution in [1.82, 2.24) is 0 Å². The summed E-state index contributed by atoms with van der Waals surface area (Å²) >= 11 is 5.70. The van der Waals surface area contributed by atoms with Crippen LogP contribution in [0.3, 0.4) is 0 Å². The second-order valence-corrected chi connectivity index (χ2v) is 4.23. The monoisotopic (exact) mass is 282 g/mol. The van der Waals surface area contributed by atoms with Crippen molar-refractivity contribution >= 4 is 17.4 Å². The molecule has 2 nitrogen and oxygen atoms in total. The van der Waals surface area contributed by atoms with Crippen molar-refractivity contribution in [3.05, 3.63) is 64.7 Å². The van der Waals surface area contributed by atoms with E-state index in [2.05, 4.69) is 0 Å². The Labute approximate surface area is 113 Å². The second-order valence-electron chi connectivity index (χ2n) is 3.79. The van der Waals surface area contributed by atoms with Gasteiger partial charge in [0.25, 0.3) is 0 Å². The van der Waals surface area contributed by atoms with E-state index >= 15 is 0 Å². The van der Waals surface area contributed by atoms with Crippen LogP contribution in [0.4, 0.5) is 8.78 Å². The molecule has 19 heavy (non-hydrogen) atoms. The van der Waals surface area contributed by atoms with Crippen LogP contribution in [0.5, 0.6) is 5.75 Å². The van der Waals surface area contributed by atoms with E-state index < -0.39 is 17.4 Å². The molecule has 0 heterocycles. The highest BCUT2D eigenvalue weighted by Gasteiger charge is 2.13. The minimum absolute atomic E-state index is 0.199. The van der Waals surface area contributed by atoms with E-state index in [1.54, 1.807) is 24.3 Å². The van der Waals surface area contributed by atoms with Crippen molar-refractivity contribution in [2.75, 3.05) is 6.61 Å². The smallest absolute Gasteiger partial charge is 0.203 e. The molecule has 0 fully saturated rings. The van der Waals surface area contributed by atoms with Crippen LogP contribution in [0.1, 0.15) is 10.4 Å². The van der Waals surface area contributed by atoms with Crippen molar-refractivity contribution in [1.29, 1.82) is 0 Å². The van der Waals surface area contributed by atoms with Crippen LogP contribution >= 0.6 is 11.6 Å². The van der Waals surface area contributed by atoms with Gasteiger partial charge in [0.05, 0.1) is 5.56 Å². The molecule has 0 N–H and O–H groups in total. The van der Waals surface area contributed by atoms with E-state index in [9.17, 15) is 13.6 Å². The Balaban J connectivity index is 2.03. The molecule has 0 aliphatic carbocycles. The first kappa shape index (κ1) is 13.5. The van der Waals surface area contributed by atoms with E-state index in [1.165, 1.54) is 0 Å². The van der Waals surface area contributed by atoms with Crippen LogP contribution < -0.4 is 4.74 Å². The molecule has 2 aromatic carbocycles. The van der Waals surface area contributed by atoms with Gasteiger partial charge in [-0.25, -0.2) is 8.78 Å². The third-order valence-electron chi connectivity index (χ3n) is 2.42. The fourth-order valence-corrected chi connectivity index (χ4v) is 1.60. The van der Waals surface area contributed by atoms with Crippen molar-refractivity contribution in [3.8, 4) is 5.75 Å². The Morgan fingerprint density at radius 3 is 2.42 bits per heavy atom. The number of benzene rings is 2. The molecule has 0 bridgehead atoms. The van der Waals surface area contributed by atoms with E-state index in [0.29, 0.717) is 16.8 Å². The van der Waals surface area contributed by atoms with Gasteiger partial charge in [-0.15, -0.1) is 0 Å². The molecule has 98 valence electrons. The zero-order chi connectivity index (χ0) is 13.8. The topological polar surface area (TPSA) is 26.3 Å². The third-order valence-corrected chi connectivity index (χ3v) is 2.67. The summed E-state index contributed by atoms with van der Waals surface area (Å²) in [6.45, 7) is -0.329. The fourth-order valence-electron chi connectivity index (χ4n) is 1.47. The minimum atomic E-state index is -0.898.